The average molecular weight is 444 g/mol. The number of nitrogens with one attached hydrogen (secondary N) is 1. The van der Waals surface area contributed by atoms with Crippen LogP contribution in [-0.2, 0) is 13.2 Å². The minimum atomic E-state index is -0.208. The van der Waals surface area contributed by atoms with Crippen LogP contribution in [0.1, 0.15) is 34.0 Å². The Bertz CT molecular complexity index is 1040. The normalized spacial score (nSPS) is 10.5. The molecule has 3 aromatic carbocycles. The maximum atomic E-state index is 12.7. The van der Waals surface area contributed by atoms with Gasteiger partial charge in [-0.3, -0.25) is 4.79 Å². The molecule has 0 spiro atoms. The van der Waals surface area contributed by atoms with Crippen molar-refractivity contribution in [3.63, 3.8) is 0 Å². The first-order chi connectivity index (χ1) is 14.5. The van der Waals surface area contributed by atoms with Crippen LogP contribution in [0.2, 0.25) is 10.0 Å². The summed E-state index contributed by atoms with van der Waals surface area (Å²) in [6.45, 7) is 5.05. The first kappa shape index (κ1) is 22.0. The quantitative estimate of drug-likeness (QED) is 0.450. The number of carbonyl (C=O) groups excluding carboxylic acids is 1. The molecule has 0 heterocycles. The lowest BCUT2D eigenvalue weighted by molar-refractivity contribution is 0.0950. The average Bonchev–Trinajstić information content (AvgIpc) is 2.72. The number of aryl methyl sites for hydroxylation is 1. The van der Waals surface area contributed by atoms with Crippen LogP contribution >= 0.6 is 23.2 Å². The molecule has 0 radical (unpaired) electrons. The molecule has 3 aromatic rings. The Kier molecular flexibility index (Phi) is 7.61. The van der Waals surface area contributed by atoms with Crippen LogP contribution in [0.5, 0.6) is 11.5 Å². The van der Waals surface area contributed by atoms with Gasteiger partial charge in [-0.1, -0.05) is 41.4 Å². The maximum Gasteiger partial charge on any atom is 0.251 e. The topological polar surface area (TPSA) is 47.6 Å². The van der Waals surface area contributed by atoms with Crippen molar-refractivity contribution in [2.75, 3.05) is 6.61 Å². The van der Waals surface area contributed by atoms with Crippen molar-refractivity contribution in [2.24, 2.45) is 0 Å². The number of hydrogen-bond acceptors (Lipinski definition) is 3. The van der Waals surface area contributed by atoms with Gasteiger partial charge in [0.05, 0.1) is 6.61 Å². The van der Waals surface area contributed by atoms with E-state index >= 15 is 0 Å². The van der Waals surface area contributed by atoms with E-state index in [1.54, 1.807) is 36.4 Å². The molecular formula is C24H23Cl2NO3. The van der Waals surface area contributed by atoms with E-state index in [1.165, 1.54) is 0 Å². The zero-order valence-corrected chi connectivity index (χ0v) is 18.4. The molecule has 0 saturated carbocycles. The van der Waals surface area contributed by atoms with Gasteiger partial charge in [-0.25, -0.2) is 0 Å². The number of rotatable bonds is 8. The molecule has 0 aliphatic carbocycles. The largest absolute Gasteiger partial charge is 0.493 e. The van der Waals surface area contributed by atoms with Crippen molar-refractivity contribution in [1.29, 1.82) is 0 Å². The van der Waals surface area contributed by atoms with E-state index in [-0.39, 0.29) is 5.91 Å². The second-order valence-electron chi connectivity index (χ2n) is 6.78. The Morgan fingerprint density at radius 3 is 2.53 bits per heavy atom. The highest BCUT2D eigenvalue weighted by molar-refractivity contribution is 6.35. The van der Waals surface area contributed by atoms with Crippen molar-refractivity contribution in [3.8, 4) is 11.5 Å². The van der Waals surface area contributed by atoms with E-state index in [9.17, 15) is 4.79 Å². The van der Waals surface area contributed by atoms with Crippen LogP contribution in [0.15, 0.2) is 60.7 Å². The molecule has 0 unspecified atom stereocenters. The number of amides is 1. The molecule has 1 amide bonds. The molecule has 0 aliphatic heterocycles. The van der Waals surface area contributed by atoms with Crippen molar-refractivity contribution in [1.82, 2.24) is 5.32 Å². The van der Waals surface area contributed by atoms with Crippen LogP contribution < -0.4 is 14.8 Å². The third-order valence-electron chi connectivity index (χ3n) is 4.46. The summed E-state index contributed by atoms with van der Waals surface area (Å²) in [4.78, 5) is 12.7. The molecule has 0 saturated heterocycles. The van der Waals surface area contributed by atoms with E-state index in [0.29, 0.717) is 41.1 Å². The highest BCUT2D eigenvalue weighted by Gasteiger charge is 2.12. The Labute approximate surface area is 186 Å². The zero-order valence-electron chi connectivity index (χ0n) is 16.9. The molecule has 156 valence electrons. The van der Waals surface area contributed by atoms with Crippen LogP contribution in [-0.4, -0.2) is 12.5 Å². The van der Waals surface area contributed by atoms with E-state index in [2.05, 4.69) is 5.32 Å². The smallest absolute Gasteiger partial charge is 0.251 e. The van der Waals surface area contributed by atoms with Gasteiger partial charge in [0, 0.05) is 27.7 Å². The van der Waals surface area contributed by atoms with Gasteiger partial charge in [-0.2, -0.15) is 0 Å². The molecule has 0 fully saturated rings. The Hall–Kier alpha value is -2.69. The lowest BCUT2D eigenvalue weighted by Crippen LogP contribution is -2.23. The van der Waals surface area contributed by atoms with Crippen LogP contribution in [0.4, 0.5) is 0 Å². The number of carbonyl (C=O) groups is 1. The molecule has 0 aromatic heterocycles. The summed E-state index contributed by atoms with van der Waals surface area (Å²) in [6, 6.07) is 18.3. The van der Waals surface area contributed by atoms with E-state index < -0.39 is 0 Å². The lowest BCUT2D eigenvalue weighted by Gasteiger charge is -2.14. The van der Waals surface area contributed by atoms with Gasteiger partial charge >= 0.3 is 0 Å². The van der Waals surface area contributed by atoms with Crippen molar-refractivity contribution >= 4 is 29.1 Å². The third-order valence-corrected chi connectivity index (χ3v) is 5.05. The summed E-state index contributed by atoms with van der Waals surface area (Å²) < 4.78 is 11.6. The summed E-state index contributed by atoms with van der Waals surface area (Å²) in [7, 11) is 0. The van der Waals surface area contributed by atoms with E-state index in [4.69, 9.17) is 32.7 Å². The molecule has 30 heavy (non-hydrogen) atoms. The number of halogens is 2. The lowest BCUT2D eigenvalue weighted by atomic mass is 10.1. The summed E-state index contributed by atoms with van der Waals surface area (Å²) in [5, 5.41) is 3.96. The monoisotopic (exact) mass is 443 g/mol. The summed E-state index contributed by atoms with van der Waals surface area (Å²) in [6.07, 6.45) is 0. The molecule has 0 aliphatic rings. The standard InChI is InChI=1S/C24H23Cl2NO3/c1-3-29-23-10-8-17(12-19(23)15-30-21-6-4-5-16(2)11-21)24(28)27-14-18-7-9-20(25)13-22(18)26/h4-13H,3,14-15H2,1-2H3,(H,27,28). The molecule has 6 heteroatoms. The van der Waals surface area contributed by atoms with Gasteiger partial charge in [0.15, 0.2) is 0 Å². The highest BCUT2D eigenvalue weighted by atomic mass is 35.5. The Morgan fingerprint density at radius 1 is 0.967 bits per heavy atom. The van der Waals surface area contributed by atoms with Gasteiger partial charge < -0.3 is 14.8 Å². The van der Waals surface area contributed by atoms with Gasteiger partial charge in [0.2, 0.25) is 0 Å². The number of benzene rings is 3. The van der Waals surface area contributed by atoms with Crippen LogP contribution in [0, 0.1) is 6.92 Å². The van der Waals surface area contributed by atoms with Crippen LogP contribution in [0.3, 0.4) is 0 Å². The van der Waals surface area contributed by atoms with Gasteiger partial charge in [-0.05, 0) is 67.4 Å². The predicted octanol–water partition coefficient (Wildman–Crippen LogP) is 6.21. The second-order valence-corrected chi connectivity index (χ2v) is 7.62. The summed E-state index contributed by atoms with van der Waals surface area (Å²) in [5.41, 5.74) is 3.23. The minimum Gasteiger partial charge on any atom is -0.493 e. The first-order valence-electron chi connectivity index (χ1n) is 9.63. The maximum absolute atomic E-state index is 12.7. The van der Waals surface area contributed by atoms with Crippen molar-refractivity contribution < 1.29 is 14.3 Å². The summed E-state index contributed by atoms with van der Waals surface area (Å²) >= 11 is 12.1. The molecule has 4 nitrogen and oxygen atoms in total. The minimum absolute atomic E-state index is 0.208. The number of hydrogen-bond donors (Lipinski definition) is 1. The summed E-state index contributed by atoms with van der Waals surface area (Å²) in [5.74, 6) is 1.26. The van der Waals surface area contributed by atoms with E-state index in [1.807, 2.05) is 38.1 Å². The number of ether oxygens (including phenoxy) is 2. The molecular weight excluding hydrogens is 421 g/mol. The van der Waals surface area contributed by atoms with Crippen molar-refractivity contribution in [3.05, 3.63) is 93.0 Å². The first-order valence-corrected chi connectivity index (χ1v) is 10.4. The van der Waals surface area contributed by atoms with Crippen LogP contribution in [0.25, 0.3) is 0 Å². The van der Waals surface area contributed by atoms with Gasteiger partial charge in [-0.15, -0.1) is 0 Å². The zero-order chi connectivity index (χ0) is 21.5. The van der Waals surface area contributed by atoms with E-state index in [0.717, 1.165) is 22.4 Å². The van der Waals surface area contributed by atoms with Gasteiger partial charge in [0.1, 0.15) is 18.1 Å². The Balaban J connectivity index is 1.72. The second kappa shape index (κ2) is 10.4. The fourth-order valence-electron chi connectivity index (χ4n) is 2.94. The SMILES string of the molecule is CCOc1ccc(C(=O)NCc2ccc(Cl)cc2Cl)cc1COc1cccc(C)c1. The predicted molar refractivity (Wildman–Crippen MR) is 121 cm³/mol. The molecule has 0 atom stereocenters. The highest BCUT2D eigenvalue weighted by Crippen LogP contribution is 2.24. The molecule has 3 rings (SSSR count). The van der Waals surface area contributed by atoms with Crippen molar-refractivity contribution in [2.45, 2.75) is 27.0 Å². The molecule has 1 N–H and O–H groups in total. The fraction of sp³-hybridized carbons (Fsp3) is 0.208. The fourth-order valence-corrected chi connectivity index (χ4v) is 3.41. The Morgan fingerprint density at radius 2 is 1.80 bits per heavy atom. The van der Waals surface area contributed by atoms with Gasteiger partial charge in [0.25, 0.3) is 5.91 Å². The third kappa shape index (κ3) is 5.91. The molecule has 0 bridgehead atoms.